The first-order chi connectivity index (χ1) is 9.55. The minimum Gasteiger partial charge on any atom is -0.497 e. The molecule has 0 aliphatic heterocycles. The van der Waals surface area contributed by atoms with E-state index in [1.54, 1.807) is 25.3 Å². The largest absolute Gasteiger partial charge is 0.497 e. The smallest absolute Gasteiger partial charge is 0.308 e. The molecule has 1 heterocycles. The molecule has 0 amide bonds. The number of aromatic nitrogens is 1. The number of fused-ring (bicyclic) bond motifs is 1. The molecule has 2 atom stereocenters. The van der Waals surface area contributed by atoms with Crippen LogP contribution in [-0.2, 0) is 9.53 Å². The SMILES string of the molecule is COC(=O)CC(O)C(O)c1nc2ccc(OC)cc2s1. The highest BCUT2D eigenvalue weighted by Gasteiger charge is 2.24. The molecule has 0 saturated heterocycles. The molecule has 0 radical (unpaired) electrons. The molecule has 2 unspecified atom stereocenters. The van der Waals surface area contributed by atoms with E-state index in [0.29, 0.717) is 16.3 Å². The summed E-state index contributed by atoms with van der Waals surface area (Å²) in [6.45, 7) is 0. The van der Waals surface area contributed by atoms with Crippen molar-refractivity contribution in [2.24, 2.45) is 0 Å². The quantitative estimate of drug-likeness (QED) is 0.808. The minimum absolute atomic E-state index is 0.281. The molecule has 0 fully saturated rings. The number of ether oxygens (including phenoxy) is 2. The van der Waals surface area contributed by atoms with Crippen LogP contribution >= 0.6 is 11.3 Å². The predicted molar refractivity (Wildman–Crippen MR) is 73.8 cm³/mol. The van der Waals surface area contributed by atoms with Gasteiger partial charge in [0.05, 0.1) is 37.0 Å². The van der Waals surface area contributed by atoms with E-state index in [9.17, 15) is 15.0 Å². The van der Waals surface area contributed by atoms with Crippen molar-refractivity contribution < 1.29 is 24.5 Å². The summed E-state index contributed by atoms with van der Waals surface area (Å²) in [5.41, 5.74) is 0.704. The highest BCUT2D eigenvalue weighted by atomic mass is 32.1. The van der Waals surface area contributed by atoms with Gasteiger partial charge in [0.2, 0.25) is 0 Å². The number of carbonyl (C=O) groups excluding carboxylic acids is 1. The monoisotopic (exact) mass is 297 g/mol. The lowest BCUT2D eigenvalue weighted by Gasteiger charge is -2.13. The van der Waals surface area contributed by atoms with Crippen LogP contribution in [0.5, 0.6) is 5.75 Å². The molecular weight excluding hydrogens is 282 g/mol. The molecule has 20 heavy (non-hydrogen) atoms. The summed E-state index contributed by atoms with van der Waals surface area (Å²) < 4.78 is 10.4. The van der Waals surface area contributed by atoms with E-state index in [2.05, 4.69) is 9.72 Å². The van der Waals surface area contributed by atoms with Gasteiger partial charge in [-0.2, -0.15) is 0 Å². The maximum Gasteiger partial charge on any atom is 0.308 e. The molecule has 0 spiro atoms. The normalized spacial score (nSPS) is 14.0. The number of aliphatic hydroxyl groups is 2. The summed E-state index contributed by atoms with van der Waals surface area (Å²) in [6.07, 6.45) is -2.75. The van der Waals surface area contributed by atoms with Crippen LogP contribution in [0.1, 0.15) is 17.5 Å². The van der Waals surface area contributed by atoms with Crippen molar-refractivity contribution in [1.29, 1.82) is 0 Å². The lowest BCUT2D eigenvalue weighted by Crippen LogP contribution is -2.22. The molecule has 0 aliphatic rings. The predicted octanol–water partition coefficient (Wildman–Crippen LogP) is 1.26. The van der Waals surface area contributed by atoms with Crippen molar-refractivity contribution in [2.75, 3.05) is 14.2 Å². The molecule has 1 aromatic heterocycles. The molecule has 0 aliphatic carbocycles. The minimum atomic E-state index is -1.25. The Morgan fingerprint density at radius 2 is 2.15 bits per heavy atom. The summed E-state index contributed by atoms with van der Waals surface area (Å²) in [5.74, 6) is 0.108. The molecular formula is C13H15NO5S. The van der Waals surface area contributed by atoms with Gasteiger partial charge in [-0.1, -0.05) is 0 Å². The fourth-order valence-electron chi connectivity index (χ4n) is 1.71. The Labute approximate surface area is 119 Å². The van der Waals surface area contributed by atoms with Crippen LogP contribution in [0.25, 0.3) is 10.2 Å². The molecule has 0 bridgehead atoms. The Morgan fingerprint density at radius 1 is 1.40 bits per heavy atom. The fourth-order valence-corrected chi connectivity index (χ4v) is 2.75. The van der Waals surface area contributed by atoms with Gasteiger partial charge in [0.15, 0.2) is 0 Å². The second-order valence-electron chi connectivity index (χ2n) is 4.18. The summed E-state index contributed by atoms with van der Waals surface area (Å²) in [5, 5.41) is 20.2. The van der Waals surface area contributed by atoms with Gasteiger partial charge < -0.3 is 19.7 Å². The second kappa shape index (κ2) is 6.17. The van der Waals surface area contributed by atoms with E-state index in [-0.39, 0.29) is 6.42 Å². The zero-order valence-corrected chi connectivity index (χ0v) is 11.9. The molecule has 1 aromatic carbocycles. The van der Waals surface area contributed by atoms with Crippen LogP contribution in [-0.4, -0.2) is 41.5 Å². The van der Waals surface area contributed by atoms with Gasteiger partial charge in [-0.15, -0.1) is 11.3 Å². The molecule has 7 heteroatoms. The summed E-state index contributed by atoms with van der Waals surface area (Å²) >= 11 is 1.24. The van der Waals surface area contributed by atoms with Crippen molar-refractivity contribution in [3.8, 4) is 5.75 Å². The zero-order chi connectivity index (χ0) is 14.7. The second-order valence-corrected chi connectivity index (χ2v) is 5.24. The Bertz CT molecular complexity index is 612. The van der Waals surface area contributed by atoms with Crippen molar-refractivity contribution in [3.05, 3.63) is 23.2 Å². The number of hydrogen-bond acceptors (Lipinski definition) is 7. The van der Waals surface area contributed by atoms with E-state index < -0.39 is 18.2 Å². The van der Waals surface area contributed by atoms with E-state index in [0.717, 1.165) is 4.70 Å². The van der Waals surface area contributed by atoms with Gasteiger partial charge >= 0.3 is 5.97 Å². The number of nitrogens with zero attached hydrogens (tertiary/aromatic N) is 1. The van der Waals surface area contributed by atoms with Crippen molar-refractivity contribution in [1.82, 2.24) is 4.98 Å². The molecule has 108 valence electrons. The highest BCUT2D eigenvalue weighted by Crippen LogP contribution is 2.31. The molecule has 2 rings (SSSR count). The van der Waals surface area contributed by atoms with Gasteiger partial charge in [-0.25, -0.2) is 4.98 Å². The first-order valence-electron chi connectivity index (χ1n) is 5.92. The van der Waals surface area contributed by atoms with Crippen molar-refractivity contribution >= 4 is 27.5 Å². The Hall–Kier alpha value is -1.70. The van der Waals surface area contributed by atoms with Crippen LogP contribution in [0.3, 0.4) is 0 Å². The third-order valence-electron chi connectivity index (χ3n) is 2.83. The topological polar surface area (TPSA) is 88.9 Å². The van der Waals surface area contributed by atoms with Crippen LogP contribution in [0.15, 0.2) is 18.2 Å². The van der Waals surface area contributed by atoms with Crippen LogP contribution in [0.2, 0.25) is 0 Å². The maximum atomic E-state index is 11.1. The third-order valence-corrected chi connectivity index (χ3v) is 3.92. The lowest BCUT2D eigenvalue weighted by molar-refractivity contribution is -0.144. The number of esters is 1. The number of benzene rings is 1. The summed E-state index contributed by atoms with van der Waals surface area (Å²) in [4.78, 5) is 15.3. The molecule has 0 saturated carbocycles. The molecule has 2 N–H and O–H groups in total. The van der Waals surface area contributed by atoms with E-state index in [4.69, 9.17) is 4.74 Å². The summed E-state index contributed by atoms with van der Waals surface area (Å²) in [6, 6.07) is 5.34. The number of hydrogen-bond donors (Lipinski definition) is 2. The Balaban J connectivity index is 2.21. The number of rotatable bonds is 5. The Kier molecular flexibility index (Phi) is 4.53. The van der Waals surface area contributed by atoms with Gasteiger partial charge in [0, 0.05) is 0 Å². The van der Waals surface area contributed by atoms with E-state index in [1.807, 2.05) is 0 Å². The van der Waals surface area contributed by atoms with Crippen molar-refractivity contribution in [2.45, 2.75) is 18.6 Å². The van der Waals surface area contributed by atoms with Crippen LogP contribution < -0.4 is 4.74 Å². The number of aliphatic hydroxyl groups excluding tert-OH is 2. The average Bonchev–Trinajstić information content (AvgIpc) is 2.88. The third kappa shape index (κ3) is 3.06. The van der Waals surface area contributed by atoms with E-state index >= 15 is 0 Å². The van der Waals surface area contributed by atoms with Crippen molar-refractivity contribution in [3.63, 3.8) is 0 Å². The highest BCUT2D eigenvalue weighted by molar-refractivity contribution is 7.18. The van der Waals surface area contributed by atoms with Crippen LogP contribution in [0.4, 0.5) is 0 Å². The molecule has 2 aromatic rings. The average molecular weight is 297 g/mol. The standard InChI is InChI=1S/C13H15NO5S/c1-18-7-3-4-8-10(5-7)20-13(14-8)12(17)9(15)6-11(16)19-2/h3-5,9,12,15,17H,6H2,1-2H3. The van der Waals surface area contributed by atoms with Crippen LogP contribution in [0, 0.1) is 0 Å². The maximum absolute atomic E-state index is 11.1. The van der Waals surface area contributed by atoms with Gasteiger partial charge in [-0.3, -0.25) is 4.79 Å². The molecule has 6 nitrogen and oxygen atoms in total. The summed E-state index contributed by atoms with van der Waals surface area (Å²) in [7, 11) is 2.80. The van der Waals surface area contributed by atoms with Gasteiger partial charge in [-0.05, 0) is 18.2 Å². The number of carbonyl (C=O) groups is 1. The van der Waals surface area contributed by atoms with Gasteiger partial charge in [0.25, 0.3) is 0 Å². The van der Waals surface area contributed by atoms with Gasteiger partial charge in [0.1, 0.15) is 16.9 Å². The van der Waals surface area contributed by atoms with E-state index in [1.165, 1.54) is 18.4 Å². The fraction of sp³-hybridized carbons (Fsp3) is 0.385. The lowest BCUT2D eigenvalue weighted by atomic mass is 10.1. The first kappa shape index (κ1) is 14.7. The number of thiazole rings is 1. The zero-order valence-electron chi connectivity index (χ0n) is 11.1. The number of methoxy groups -OCH3 is 2. The first-order valence-corrected chi connectivity index (χ1v) is 6.74. The Morgan fingerprint density at radius 3 is 2.80 bits per heavy atom.